The number of anilines is 1. The lowest BCUT2D eigenvalue weighted by atomic mass is 10.1. The van der Waals surface area contributed by atoms with Crippen LogP contribution < -0.4 is 5.32 Å². The van der Waals surface area contributed by atoms with E-state index in [4.69, 9.17) is 23.2 Å². The lowest BCUT2D eigenvalue weighted by molar-refractivity contribution is -0.137. The van der Waals surface area contributed by atoms with E-state index < -0.39 is 39.9 Å². The maximum Gasteiger partial charge on any atom is 0.418 e. The number of benzene rings is 3. The van der Waals surface area contributed by atoms with Gasteiger partial charge in [-0.3, -0.25) is 4.79 Å². The molecule has 0 saturated heterocycles. The van der Waals surface area contributed by atoms with Crippen LogP contribution in [0, 0.1) is 6.92 Å². The minimum atomic E-state index is -4.77. The van der Waals surface area contributed by atoms with Crippen LogP contribution in [0.15, 0.2) is 71.6 Å². The van der Waals surface area contributed by atoms with Crippen molar-refractivity contribution in [3.8, 4) is 0 Å². The maximum absolute atomic E-state index is 13.4. The van der Waals surface area contributed by atoms with Crippen LogP contribution in [-0.2, 0) is 27.5 Å². The van der Waals surface area contributed by atoms with Gasteiger partial charge in [0.05, 0.1) is 22.7 Å². The monoisotopic (exact) mass is 530 g/mol. The lowest BCUT2D eigenvalue weighted by Crippen LogP contribution is -2.37. The summed E-state index contributed by atoms with van der Waals surface area (Å²) in [4.78, 5) is 12.6. The number of aryl methyl sites for hydroxylation is 1. The van der Waals surface area contributed by atoms with Gasteiger partial charge < -0.3 is 5.32 Å². The van der Waals surface area contributed by atoms with E-state index >= 15 is 0 Å². The number of rotatable bonds is 7. The quantitative estimate of drug-likeness (QED) is 0.398. The van der Waals surface area contributed by atoms with Gasteiger partial charge in [-0.2, -0.15) is 17.5 Å². The second kappa shape index (κ2) is 10.4. The predicted molar refractivity (Wildman–Crippen MR) is 125 cm³/mol. The maximum atomic E-state index is 13.4. The van der Waals surface area contributed by atoms with Gasteiger partial charge in [0, 0.05) is 16.6 Å². The predicted octanol–water partition coefficient (Wildman–Crippen LogP) is 6.15. The lowest BCUT2D eigenvalue weighted by Gasteiger charge is -2.23. The summed E-state index contributed by atoms with van der Waals surface area (Å²) >= 11 is 11.5. The van der Waals surface area contributed by atoms with Crippen LogP contribution in [0.5, 0.6) is 0 Å². The summed E-state index contributed by atoms with van der Waals surface area (Å²) in [5.74, 6) is -0.947. The van der Waals surface area contributed by atoms with Gasteiger partial charge in [0.1, 0.15) is 0 Å². The SMILES string of the molecule is Cc1ccc(CN(CC(=O)Nc2ccc(Cl)cc2C(F)(F)F)S(=O)(=O)c2ccc(Cl)cc2)cc1. The number of sulfonamides is 1. The smallest absolute Gasteiger partial charge is 0.324 e. The van der Waals surface area contributed by atoms with Crippen molar-refractivity contribution in [3.05, 3.63) is 93.5 Å². The molecule has 1 N–H and O–H groups in total. The van der Waals surface area contributed by atoms with E-state index in [9.17, 15) is 26.4 Å². The van der Waals surface area contributed by atoms with E-state index in [-0.39, 0.29) is 16.5 Å². The number of nitrogens with zero attached hydrogens (tertiary/aromatic N) is 1. The van der Waals surface area contributed by atoms with Gasteiger partial charge in [0.2, 0.25) is 15.9 Å². The Kier molecular flexibility index (Phi) is 7.92. The number of hydrogen-bond donors (Lipinski definition) is 1. The molecule has 0 aliphatic rings. The summed E-state index contributed by atoms with van der Waals surface area (Å²) in [6.45, 7) is 0.966. The topological polar surface area (TPSA) is 66.5 Å². The number of carbonyl (C=O) groups excluding carboxylic acids is 1. The van der Waals surface area contributed by atoms with E-state index in [0.717, 1.165) is 15.9 Å². The first-order valence-corrected chi connectivity index (χ1v) is 12.0. The Morgan fingerprint density at radius 2 is 1.53 bits per heavy atom. The molecule has 0 radical (unpaired) electrons. The van der Waals surface area contributed by atoms with E-state index in [1.165, 1.54) is 30.3 Å². The Labute approximate surface area is 205 Å². The second-order valence-electron chi connectivity index (χ2n) is 7.45. The molecule has 3 aromatic carbocycles. The average Bonchev–Trinajstić information content (AvgIpc) is 2.75. The minimum Gasteiger partial charge on any atom is -0.324 e. The first-order chi connectivity index (χ1) is 15.9. The van der Waals surface area contributed by atoms with Gasteiger partial charge in [-0.05, 0) is 55.0 Å². The normalized spacial score (nSPS) is 12.1. The fourth-order valence-electron chi connectivity index (χ4n) is 3.09. The highest BCUT2D eigenvalue weighted by molar-refractivity contribution is 7.89. The van der Waals surface area contributed by atoms with Crippen molar-refractivity contribution in [3.63, 3.8) is 0 Å². The molecule has 0 saturated carbocycles. The number of nitrogens with one attached hydrogen (secondary N) is 1. The molecule has 1 amide bonds. The van der Waals surface area contributed by atoms with Crippen molar-refractivity contribution < 1.29 is 26.4 Å². The molecule has 0 bridgehead atoms. The third kappa shape index (κ3) is 6.50. The highest BCUT2D eigenvalue weighted by atomic mass is 35.5. The van der Waals surface area contributed by atoms with E-state index in [0.29, 0.717) is 16.7 Å². The highest BCUT2D eigenvalue weighted by Crippen LogP contribution is 2.36. The van der Waals surface area contributed by atoms with E-state index in [1.807, 2.05) is 6.92 Å². The molecule has 3 rings (SSSR count). The minimum absolute atomic E-state index is 0.112. The Hall–Kier alpha value is -2.59. The first kappa shape index (κ1) is 26.0. The van der Waals surface area contributed by atoms with Crippen LogP contribution in [0.1, 0.15) is 16.7 Å². The molecule has 11 heteroatoms. The summed E-state index contributed by atoms with van der Waals surface area (Å²) in [6, 6.07) is 15.2. The summed E-state index contributed by atoms with van der Waals surface area (Å²) in [5, 5.41) is 2.32. The summed E-state index contributed by atoms with van der Waals surface area (Å²) < 4.78 is 67.6. The Morgan fingerprint density at radius 3 is 2.12 bits per heavy atom. The van der Waals surface area contributed by atoms with Gasteiger partial charge in [-0.25, -0.2) is 8.42 Å². The van der Waals surface area contributed by atoms with Crippen molar-refractivity contribution in [1.29, 1.82) is 0 Å². The zero-order valence-electron chi connectivity index (χ0n) is 17.7. The molecule has 0 aliphatic carbocycles. The van der Waals surface area contributed by atoms with Crippen LogP contribution >= 0.6 is 23.2 Å². The van der Waals surface area contributed by atoms with Crippen LogP contribution in [0.25, 0.3) is 0 Å². The molecule has 0 atom stereocenters. The summed E-state index contributed by atoms with van der Waals surface area (Å²) in [7, 11) is -4.19. The molecular formula is C23H19Cl2F3N2O3S. The van der Waals surface area contributed by atoms with Gasteiger partial charge in [0.25, 0.3) is 0 Å². The van der Waals surface area contributed by atoms with Crippen molar-refractivity contribution in [2.75, 3.05) is 11.9 Å². The first-order valence-electron chi connectivity index (χ1n) is 9.84. The molecule has 0 heterocycles. The van der Waals surface area contributed by atoms with Crippen molar-refractivity contribution in [2.24, 2.45) is 0 Å². The van der Waals surface area contributed by atoms with Crippen molar-refractivity contribution >= 4 is 44.8 Å². The zero-order valence-corrected chi connectivity index (χ0v) is 20.1. The van der Waals surface area contributed by atoms with Gasteiger partial charge in [0.15, 0.2) is 0 Å². The Balaban J connectivity index is 1.92. The number of halogens is 5. The van der Waals surface area contributed by atoms with Gasteiger partial charge in [-0.15, -0.1) is 0 Å². The number of hydrogen-bond acceptors (Lipinski definition) is 3. The molecular weight excluding hydrogens is 512 g/mol. The van der Waals surface area contributed by atoms with Crippen molar-refractivity contribution in [1.82, 2.24) is 4.31 Å². The number of amides is 1. The highest BCUT2D eigenvalue weighted by Gasteiger charge is 2.35. The fraction of sp³-hybridized carbons (Fsp3) is 0.174. The van der Waals surface area contributed by atoms with E-state index in [1.54, 1.807) is 24.3 Å². The van der Waals surface area contributed by atoms with Gasteiger partial charge in [-0.1, -0.05) is 53.0 Å². The second-order valence-corrected chi connectivity index (χ2v) is 10.3. The van der Waals surface area contributed by atoms with Crippen LogP contribution in [0.4, 0.5) is 18.9 Å². The molecule has 5 nitrogen and oxygen atoms in total. The van der Waals surface area contributed by atoms with Crippen LogP contribution in [0.3, 0.4) is 0 Å². The van der Waals surface area contributed by atoms with Gasteiger partial charge >= 0.3 is 6.18 Å². The molecule has 0 fully saturated rings. The largest absolute Gasteiger partial charge is 0.418 e. The molecule has 0 aromatic heterocycles. The molecule has 34 heavy (non-hydrogen) atoms. The fourth-order valence-corrected chi connectivity index (χ4v) is 4.77. The molecule has 180 valence electrons. The molecule has 0 aliphatic heterocycles. The summed E-state index contributed by atoms with van der Waals surface area (Å²) in [6.07, 6.45) is -4.77. The Bertz CT molecular complexity index is 1280. The number of alkyl halides is 3. The van der Waals surface area contributed by atoms with Crippen LogP contribution in [-0.4, -0.2) is 25.2 Å². The van der Waals surface area contributed by atoms with E-state index in [2.05, 4.69) is 5.32 Å². The average molecular weight is 531 g/mol. The molecule has 0 unspecified atom stereocenters. The zero-order chi connectivity index (χ0) is 25.1. The molecule has 3 aromatic rings. The Morgan fingerprint density at radius 1 is 0.941 bits per heavy atom. The standard InChI is InChI=1S/C23H19Cl2F3N2O3S/c1-15-2-4-16(5-3-15)13-30(34(32,33)19-9-6-17(24)7-10-19)14-22(31)29-21-11-8-18(25)12-20(21)23(26,27)28/h2-12H,13-14H2,1H3,(H,29,31). The third-order valence-electron chi connectivity index (χ3n) is 4.81. The summed E-state index contributed by atoms with van der Waals surface area (Å²) in [5.41, 5.74) is -0.116. The van der Waals surface area contributed by atoms with Crippen molar-refractivity contribution in [2.45, 2.75) is 24.5 Å². The third-order valence-corrected chi connectivity index (χ3v) is 7.11. The van der Waals surface area contributed by atoms with Crippen LogP contribution in [0.2, 0.25) is 10.0 Å². The number of carbonyl (C=O) groups is 1. The molecule has 0 spiro atoms.